The second-order valence-electron chi connectivity index (χ2n) is 4.19. The first-order valence-corrected chi connectivity index (χ1v) is 8.48. The van der Waals surface area contributed by atoms with E-state index in [0.717, 1.165) is 6.20 Å². The first-order valence-electron chi connectivity index (χ1n) is 5.29. The molecular formula is C9H17N2NaO10P2. The average Bonchev–Trinajstić information content (AvgIpc) is 2.70. The SMILES string of the molecule is O.O.O.O=P([O-])(O)C(O)(Cc1cnc2ccccn12)P(=O)(O)O.[Na+]. The third kappa shape index (κ3) is 5.16. The van der Waals surface area contributed by atoms with Crippen LogP contribution in [0.4, 0.5) is 0 Å². The van der Waals surface area contributed by atoms with Crippen molar-refractivity contribution in [2.45, 2.75) is 11.5 Å². The average molecular weight is 398 g/mol. The number of hydrogen-bond donors (Lipinski definition) is 4. The normalized spacial score (nSPS) is 15.5. The molecule has 2 atom stereocenters. The summed E-state index contributed by atoms with van der Waals surface area (Å²) in [6.07, 6.45) is 1.64. The number of pyridine rings is 1. The number of nitrogens with zero attached hydrogens (tertiary/aromatic N) is 2. The van der Waals surface area contributed by atoms with Gasteiger partial charge in [0, 0.05) is 24.5 Å². The van der Waals surface area contributed by atoms with Crippen LogP contribution in [0.15, 0.2) is 30.6 Å². The fourth-order valence-corrected chi connectivity index (χ4v) is 3.77. The fraction of sp³-hybridized carbons (Fsp3) is 0.222. The fourth-order valence-electron chi connectivity index (χ4n) is 1.73. The van der Waals surface area contributed by atoms with Crippen LogP contribution in [0.1, 0.15) is 5.69 Å². The molecule has 0 amide bonds. The molecular weight excluding hydrogens is 381 g/mol. The third-order valence-corrected chi connectivity index (χ3v) is 6.53. The first kappa shape index (κ1) is 28.6. The van der Waals surface area contributed by atoms with Gasteiger partial charge in [0.05, 0.1) is 0 Å². The number of hydrogen-bond acceptors (Lipinski definition) is 5. The van der Waals surface area contributed by atoms with E-state index in [0.29, 0.717) is 5.65 Å². The zero-order valence-corrected chi connectivity index (χ0v) is 16.2. The third-order valence-electron chi connectivity index (χ3n) is 2.83. The Morgan fingerprint density at radius 1 is 1.17 bits per heavy atom. The molecule has 2 rings (SSSR count). The Morgan fingerprint density at radius 2 is 1.71 bits per heavy atom. The molecule has 2 aromatic rings. The van der Waals surface area contributed by atoms with Gasteiger partial charge in [0.25, 0.3) is 0 Å². The van der Waals surface area contributed by atoms with Crippen LogP contribution in [-0.4, -0.2) is 50.7 Å². The molecule has 2 heterocycles. The van der Waals surface area contributed by atoms with Crippen molar-refractivity contribution in [3.05, 3.63) is 36.3 Å². The van der Waals surface area contributed by atoms with E-state index in [2.05, 4.69) is 4.98 Å². The zero-order valence-electron chi connectivity index (χ0n) is 12.4. The monoisotopic (exact) mass is 398 g/mol. The summed E-state index contributed by atoms with van der Waals surface area (Å²) in [6.45, 7) is 0. The van der Waals surface area contributed by atoms with Crippen molar-refractivity contribution in [1.82, 2.24) is 9.38 Å². The van der Waals surface area contributed by atoms with Gasteiger partial charge >= 0.3 is 37.2 Å². The molecule has 0 aromatic carbocycles. The van der Waals surface area contributed by atoms with E-state index >= 15 is 0 Å². The van der Waals surface area contributed by atoms with Crippen LogP contribution in [0.25, 0.3) is 5.65 Å². The Morgan fingerprint density at radius 3 is 2.17 bits per heavy atom. The van der Waals surface area contributed by atoms with Gasteiger partial charge in [-0.3, -0.25) is 4.57 Å². The maximum atomic E-state index is 11.2. The molecule has 0 bridgehead atoms. The largest absolute Gasteiger partial charge is 1.00 e. The molecule has 0 aliphatic heterocycles. The van der Waals surface area contributed by atoms with Gasteiger partial charge in [-0.2, -0.15) is 0 Å². The van der Waals surface area contributed by atoms with Gasteiger partial charge in [-0.1, -0.05) is 6.07 Å². The Bertz CT molecular complexity index is 719. The van der Waals surface area contributed by atoms with Crippen molar-refractivity contribution < 1.29 is 79.8 Å². The second-order valence-corrected chi connectivity index (χ2v) is 8.16. The van der Waals surface area contributed by atoms with Gasteiger partial charge in [0.2, 0.25) is 5.08 Å². The standard InChI is InChI=1S/C9H12N2O7P2.Na.3H2O/c12-9(19(13,14)15,20(16,17)18)5-7-6-10-8-3-1-2-4-11(7)8;;;;/h1-4,6,12H,5H2,(H2,13,14,15)(H2,16,17,18);;3*1H2/q;+1;;;/p-1. The molecule has 0 aliphatic rings. The van der Waals surface area contributed by atoms with E-state index in [1.54, 1.807) is 18.2 Å². The van der Waals surface area contributed by atoms with Gasteiger partial charge in [0.1, 0.15) is 5.65 Å². The number of fused-ring (bicyclic) bond motifs is 1. The minimum absolute atomic E-state index is 0. The van der Waals surface area contributed by atoms with E-state index in [1.165, 1.54) is 10.6 Å². The van der Waals surface area contributed by atoms with E-state index in [9.17, 15) is 19.1 Å². The van der Waals surface area contributed by atoms with Gasteiger partial charge in [-0.25, -0.2) is 4.98 Å². The molecule has 2 unspecified atom stereocenters. The van der Waals surface area contributed by atoms with Gasteiger partial charge in [-0.05, 0) is 12.1 Å². The van der Waals surface area contributed by atoms with Crippen molar-refractivity contribution in [2.75, 3.05) is 0 Å². The summed E-state index contributed by atoms with van der Waals surface area (Å²) < 4.78 is 23.8. The predicted octanol–water partition coefficient (Wildman–Crippen LogP) is -6.22. The molecule has 24 heavy (non-hydrogen) atoms. The molecule has 0 fully saturated rings. The summed E-state index contributed by atoms with van der Waals surface area (Å²) in [5.41, 5.74) is 0.422. The van der Waals surface area contributed by atoms with Crippen LogP contribution in [0.2, 0.25) is 0 Å². The van der Waals surface area contributed by atoms with E-state index < -0.39 is 26.7 Å². The maximum absolute atomic E-state index is 11.2. The van der Waals surface area contributed by atoms with Crippen molar-refractivity contribution >= 4 is 20.8 Å². The van der Waals surface area contributed by atoms with Crippen LogP contribution >= 0.6 is 15.2 Å². The number of aromatic nitrogens is 2. The summed E-state index contributed by atoms with van der Waals surface area (Å²) in [5, 5.41) is 6.19. The molecule has 15 heteroatoms. The van der Waals surface area contributed by atoms with Gasteiger partial charge in [0.15, 0.2) is 7.60 Å². The minimum atomic E-state index is -5.73. The molecule has 0 saturated carbocycles. The smallest absolute Gasteiger partial charge is 0.776 e. The van der Waals surface area contributed by atoms with Crippen LogP contribution < -0.4 is 34.5 Å². The van der Waals surface area contributed by atoms with E-state index in [4.69, 9.17) is 14.7 Å². The van der Waals surface area contributed by atoms with E-state index in [-0.39, 0.29) is 51.7 Å². The van der Waals surface area contributed by atoms with Crippen LogP contribution in [0.3, 0.4) is 0 Å². The van der Waals surface area contributed by atoms with Crippen molar-refractivity contribution in [3.63, 3.8) is 0 Å². The molecule has 12 nitrogen and oxygen atoms in total. The minimum Gasteiger partial charge on any atom is -0.776 e. The number of rotatable bonds is 4. The molecule has 134 valence electrons. The first-order chi connectivity index (χ1) is 9.06. The van der Waals surface area contributed by atoms with Crippen molar-refractivity contribution in [3.8, 4) is 0 Å². The van der Waals surface area contributed by atoms with Crippen LogP contribution in [0, 0.1) is 0 Å². The Hall–Kier alpha value is -0.170. The van der Waals surface area contributed by atoms with Gasteiger partial charge < -0.3 is 50.1 Å². The topological polar surface area (TPSA) is 250 Å². The molecule has 2 aromatic heterocycles. The Kier molecular flexibility index (Phi) is 11.3. The summed E-state index contributed by atoms with van der Waals surface area (Å²) >= 11 is 0. The zero-order chi connectivity index (χ0) is 15.2. The summed E-state index contributed by atoms with van der Waals surface area (Å²) in [5.74, 6) is 0. The summed E-state index contributed by atoms with van der Waals surface area (Å²) in [6, 6.07) is 4.83. The molecule has 10 N–H and O–H groups in total. The Balaban J connectivity index is -0.00000110. The quantitative estimate of drug-likeness (QED) is 0.284. The Labute approximate surface area is 157 Å². The van der Waals surface area contributed by atoms with Crippen molar-refractivity contribution in [1.29, 1.82) is 0 Å². The van der Waals surface area contributed by atoms with Gasteiger partial charge in [-0.15, -0.1) is 0 Å². The van der Waals surface area contributed by atoms with Crippen LogP contribution in [0.5, 0.6) is 0 Å². The maximum Gasteiger partial charge on any atom is 1.00 e. The van der Waals surface area contributed by atoms with Crippen molar-refractivity contribution in [2.24, 2.45) is 0 Å². The number of aliphatic hydroxyl groups is 1. The summed E-state index contributed by atoms with van der Waals surface area (Å²) in [4.78, 5) is 42.1. The van der Waals surface area contributed by atoms with Crippen LogP contribution in [-0.2, 0) is 15.6 Å². The second kappa shape index (κ2) is 9.51. The molecule has 0 radical (unpaired) electrons. The molecule has 0 spiro atoms. The number of imidazole rings is 1. The predicted molar refractivity (Wildman–Crippen MR) is 76.6 cm³/mol. The van der Waals surface area contributed by atoms with E-state index in [1.807, 2.05) is 0 Å². The molecule has 0 aliphatic carbocycles. The molecule has 0 saturated heterocycles. The summed E-state index contributed by atoms with van der Waals surface area (Å²) in [7, 11) is -11.3.